The number of hydrogen-bond donors (Lipinski definition) is 1. The van der Waals surface area contributed by atoms with E-state index in [1.807, 2.05) is 0 Å². The van der Waals surface area contributed by atoms with Crippen LogP contribution >= 0.6 is 0 Å². The van der Waals surface area contributed by atoms with Crippen LogP contribution in [0, 0.1) is 0 Å². The van der Waals surface area contributed by atoms with Gasteiger partial charge >= 0.3 is 0 Å². The molecule has 0 atom stereocenters. The molecule has 1 aromatic rings. The van der Waals surface area contributed by atoms with Gasteiger partial charge < -0.3 is 9.84 Å². The Morgan fingerprint density at radius 1 is 1.36 bits per heavy atom. The molecule has 1 aromatic carbocycles. The number of Topliss-reactive ketones (excluding diaryl/α,β-unsaturated/α-hetero) is 1. The summed E-state index contributed by atoms with van der Waals surface area (Å²) in [6.45, 7) is 1.31. The van der Waals surface area contributed by atoms with Crippen LogP contribution < -0.4 is 4.74 Å². The number of aliphatic hydroxyl groups excluding tert-OH is 1. The van der Waals surface area contributed by atoms with Crippen LogP contribution in [0.4, 0.5) is 0 Å². The van der Waals surface area contributed by atoms with Crippen molar-refractivity contribution in [3.63, 3.8) is 0 Å². The molecule has 0 saturated heterocycles. The second-order valence-corrected chi connectivity index (χ2v) is 2.86. The number of aliphatic hydroxyl groups is 1. The van der Waals surface area contributed by atoms with E-state index in [9.17, 15) is 9.90 Å². The Kier molecular flexibility index (Phi) is 3.29. The molecule has 0 heterocycles. The SMILES string of the molecule is COc1ccc(/C=C(\O)C(C)=O)cc1. The van der Waals surface area contributed by atoms with Gasteiger partial charge in [-0.25, -0.2) is 0 Å². The maximum Gasteiger partial charge on any atom is 0.194 e. The molecule has 0 bridgehead atoms. The number of hydrogen-bond acceptors (Lipinski definition) is 3. The van der Waals surface area contributed by atoms with E-state index in [1.54, 1.807) is 31.4 Å². The molecule has 0 aliphatic rings. The second-order valence-electron chi connectivity index (χ2n) is 2.86. The topological polar surface area (TPSA) is 46.5 Å². The van der Waals surface area contributed by atoms with Gasteiger partial charge in [0.25, 0.3) is 0 Å². The first-order valence-corrected chi connectivity index (χ1v) is 4.19. The minimum atomic E-state index is -0.346. The standard InChI is InChI=1S/C11H12O3/c1-8(12)11(13)7-9-3-5-10(14-2)6-4-9/h3-7,13H,1-2H3/b11-7-. The van der Waals surface area contributed by atoms with E-state index in [0.29, 0.717) is 0 Å². The van der Waals surface area contributed by atoms with Gasteiger partial charge in [0.2, 0.25) is 0 Å². The predicted octanol–water partition coefficient (Wildman–Crippen LogP) is 2.18. The average Bonchev–Trinajstić information content (AvgIpc) is 2.19. The lowest BCUT2D eigenvalue weighted by Crippen LogP contribution is -1.93. The molecule has 3 nitrogen and oxygen atoms in total. The molecule has 0 radical (unpaired) electrons. The van der Waals surface area contributed by atoms with E-state index in [1.165, 1.54) is 13.0 Å². The third-order valence-electron chi connectivity index (χ3n) is 1.78. The maximum atomic E-state index is 10.7. The van der Waals surface area contributed by atoms with E-state index >= 15 is 0 Å². The summed E-state index contributed by atoms with van der Waals surface area (Å²) in [7, 11) is 1.58. The van der Waals surface area contributed by atoms with E-state index in [4.69, 9.17) is 4.74 Å². The number of benzene rings is 1. The van der Waals surface area contributed by atoms with Crippen molar-refractivity contribution in [1.82, 2.24) is 0 Å². The number of rotatable bonds is 3. The molecular formula is C11H12O3. The molecule has 0 unspecified atom stereocenters. The van der Waals surface area contributed by atoms with E-state index in [-0.39, 0.29) is 11.5 Å². The number of methoxy groups -OCH3 is 1. The molecule has 0 aliphatic heterocycles. The third kappa shape index (κ3) is 2.62. The fraction of sp³-hybridized carbons (Fsp3) is 0.182. The molecule has 0 fully saturated rings. The van der Waals surface area contributed by atoms with Crippen molar-refractivity contribution in [3.8, 4) is 5.75 Å². The number of allylic oxidation sites excluding steroid dienone is 1. The summed E-state index contributed by atoms with van der Waals surface area (Å²) in [5, 5.41) is 9.19. The van der Waals surface area contributed by atoms with Crippen molar-refractivity contribution in [1.29, 1.82) is 0 Å². The molecule has 0 aromatic heterocycles. The summed E-state index contributed by atoms with van der Waals surface area (Å²) in [5.41, 5.74) is 0.763. The monoisotopic (exact) mass is 192 g/mol. The first kappa shape index (κ1) is 10.3. The molecule has 0 amide bonds. The van der Waals surface area contributed by atoms with Crippen LogP contribution in [0.1, 0.15) is 12.5 Å². The van der Waals surface area contributed by atoms with Crippen LogP contribution in [-0.4, -0.2) is 18.0 Å². The summed E-state index contributed by atoms with van der Waals surface area (Å²) < 4.78 is 4.97. The first-order valence-electron chi connectivity index (χ1n) is 4.19. The highest BCUT2D eigenvalue weighted by Gasteiger charge is 1.99. The van der Waals surface area contributed by atoms with Crippen LogP contribution in [0.3, 0.4) is 0 Å². The minimum Gasteiger partial charge on any atom is -0.504 e. The number of ether oxygens (including phenoxy) is 1. The van der Waals surface area contributed by atoms with Crippen LogP contribution in [0.15, 0.2) is 30.0 Å². The van der Waals surface area contributed by atoms with Crippen molar-refractivity contribution in [2.45, 2.75) is 6.92 Å². The average molecular weight is 192 g/mol. The Hall–Kier alpha value is -1.77. The fourth-order valence-electron chi connectivity index (χ4n) is 0.960. The van der Waals surface area contributed by atoms with Crippen molar-refractivity contribution in [2.24, 2.45) is 0 Å². The quantitative estimate of drug-likeness (QED) is 0.589. The number of ketones is 1. The van der Waals surface area contributed by atoms with Gasteiger partial charge in [0.15, 0.2) is 11.5 Å². The number of carbonyl (C=O) groups is 1. The summed E-state index contributed by atoms with van der Waals surface area (Å²) in [5.74, 6) is 0.153. The van der Waals surface area contributed by atoms with Gasteiger partial charge in [0.1, 0.15) is 5.75 Å². The Bertz CT molecular complexity index is 349. The largest absolute Gasteiger partial charge is 0.504 e. The van der Waals surface area contributed by atoms with Gasteiger partial charge in [-0.15, -0.1) is 0 Å². The molecule has 0 spiro atoms. The molecule has 1 N–H and O–H groups in total. The minimum absolute atomic E-state index is 0.241. The van der Waals surface area contributed by atoms with Gasteiger partial charge in [0, 0.05) is 6.92 Å². The highest BCUT2D eigenvalue weighted by Crippen LogP contribution is 2.13. The Morgan fingerprint density at radius 2 is 1.93 bits per heavy atom. The maximum absolute atomic E-state index is 10.7. The Labute approximate surface area is 82.6 Å². The molecule has 3 heteroatoms. The first-order chi connectivity index (χ1) is 6.63. The van der Waals surface area contributed by atoms with E-state index in [0.717, 1.165) is 11.3 Å². The zero-order chi connectivity index (χ0) is 10.6. The van der Waals surface area contributed by atoms with Crippen molar-refractivity contribution in [2.75, 3.05) is 7.11 Å². The van der Waals surface area contributed by atoms with Crippen LogP contribution in [0.25, 0.3) is 6.08 Å². The fourth-order valence-corrected chi connectivity index (χ4v) is 0.960. The van der Waals surface area contributed by atoms with Crippen molar-refractivity contribution >= 4 is 11.9 Å². The van der Waals surface area contributed by atoms with Crippen LogP contribution in [0.2, 0.25) is 0 Å². The summed E-state index contributed by atoms with van der Waals surface area (Å²) in [6, 6.07) is 7.05. The van der Waals surface area contributed by atoms with E-state index in [2.05, 4.69) is 0 Å². The zero-order valence-corrected chi connectivity index (χ0v) is 8.15. The lowest BCUT2D eigenvalue weighted by Gasteiger charge is -1.99. The molecule has 74 valence electrons. The van der Waals surface area contributed by atoms with E-state index < -0.39 is 0 Å². The molecule has 0 aliphatic carbocycles. The second kappa shape index (κ2) is 4.46. The highest BCUT2D eigenvalue weighted by atomic mass is 16.5. The predicted molar refractivity (Wildman–Crippen MR) is 54.3 cm³/mol. The zero-order valence-electron chi connectivity index (χ0n) is 8.15. The molecule has 1 rings (SSSR count). The van der Waals surface area contributed by atoms with Gasteiger partial charge in [-0.3, -0.25) is 4.79 Å². The third-order valence-corrected chi connectivity index (χ3v) is 1.78. The van der Waals surface area contributed by atoms with Crippen molar-refractivity contribution < 1.29 is 14.6 Å². The lowest BCUT2D eigenvalue weighted by atomic mass is 10.2. The van der Waals surface area contributed by atoms with Gasteiger partial charge in [0.05, 0.1) is 7.11 Å². The van der Waals surface area contributed by atoms with Crippen LogP contribution in [0.5, 0.6) is 5.75 Å². The molecule has 14 heavy (non-hydrogen) atoms. The van der Waals surface area contributed by atoms with Crippen LogP contribution in [-0.2, 0) is 4.79 Å². The normalized spacial score (nSPS) is 11.1. The van der Waals surface area contributed by atoms with Gasteiger partial charge in [-0.2, -0.15) is 0 Å². The molecular weight excluding hydrogens is 180 g/mol. The van der Waals surface area contributed by atoms with Gasteiger partial charge in [-0.1, -0.05) is 12.1 Å². The summed E-state index contributed by atoms with van der Waals surface area (Å²) >= 11 is 0. The smallest absolute Gasteiger partial charge is 0.194 e. The number of carbonyl (C=O) groups excluding carboxylic acids is 1. The molecule has 0 saturated carbocycles. The Balaban J connectivity index is 2.88. The Morgan fingerprint density at radius 3 is 2.36 bits per heavy atom. The van der Waals surface area contributed by atoms with Crippen molar-refractivity contribution in [3.05, 3.63) is 35.6 Å². The summed E-state index contributed by atoms with van der Waals surface area (Å²) in [6.07, 6.45) is 1.42. The summed E-state index contributed by atoms with van der Waals surface area (Å²) in [4.78, 5) is 10.7. The lowest BCUT2D eigenvalue weighted by molar-refractivity contribution is -0.115. The highest BCUT2D eigenvalue weighted by molar-refractivity contribution is 5.95. The van der Waals surface area contributed by atoms with Gasteiger partial charge in [-0.05, 0) is 23.8 Å².